The Hall–Kier alpha value is -1.10. The molecule has 0 unspecified atom stereocenters. The molecule has 1 rings (SSSR count). The van der Waals surface area contributed by atoms with E-state index in [1.54, 1.807) is 30.7 Å². The summed E-state index contributed by atoms with van der Waals surface area (Å²) < 4.78 is 0. The highest BCUT2D eigenvalue weighted by Crippen LogP contribution is 2.22. The van der Waals surface area contributed by atoms with Gasteiger partial charge in [0.25, 0.3) is 0 Å². The predicted octanol–water partition coefficient (Wildman–Crippen LogP) is 0.193. The van der Waals surface area contributed by atoms with Gasteiger partial charge in [0.1, 0.15) is 5.54 Å². The van der Waals surface area contributed by atoms with Crippen molar-refractivity contribution in [2.75, 3.05) is 20.1 Å². The molecule has 1 fully saturated rings. The summed E-state index contributed by atoms with van der Waals surface area (Å²) in [5.41, 5.74) is 5.06. The molecule has 0 saturated carbocycles. The normalized spacial score (nSPS) is 21.6. The summed E-state index contributed by atoms with van der Waals surface area (Å²) in [5, 5.41) is 0. The molecule has 1 heterocycles. The van der Waals surface area contributed by atoms with E-state index in [9.17, 15) is 9.59 Å². The molecule has 0 spiro atoms. The van der Waals surface area contributed by atoms with Crippen molar-refractivity contribution in [2.45, 2.75) is 45.2 Å². The first-order valence-corrected chi connectivity index (χ1v) is 6.15. The van der Waals surface area contributed by atoms with Crippen molar-refractivity contribution >= 4 is 11.8 Å². The van der Waals surface area contributed by atoms with Crippen LogP contribution < -0.4 is 5.73 Å². The second kappa shape index (κ2) is 5.04. The summed E-state index contributed by atoms with van der Waals surface area (Å²) in [6, 6.07) is -0.490. The van der Waals surface area contributed by atoms with Crippen LogP contribution in [-0.4, -0.2) is 53.3 Å². The van der Waals surface area contributed by atoms with Crippen LogP contribution in [0.4, 0.5) is 0 Å². The minimum absolute atomic E-state index is 0.0270. The van der Waals surface area contributed by atoms with Crippen LogP contribution in [0.25, 0.3) is 0 Å². The fraction of sp³-hybridized carbons (Fsp3) is 0.833. The minimum atomic E-state index is -0.782. The summed E-state index contributed by atoms with van der Waals surface area (Å²) in [6.07, 6.45) is 1.53. The van der Waals surface area contributed by atoms with E-state index in [1.165, 1.54) is 0 Å². The molecule has 0 aromatic heterocycles. The maximum atomic E-state index is 12.2. The predicted molar refractivity (Wildman–Crippen MR) is 66.3 cm³/mol. The fourth-order valence-corrected chi connectivity index (χ4v) is 2.23. The van der Waals surface area contributed by atoms with Gasteiger partial charge in [0.15, 0.2) is 0 Å². The second-order valence-corrected chi connectivity index (χ2v) is 5.17. The second-order valence-electron chi connectivity index (χ2n) is 5.17. The topological polar surface area (TPSA) is 66.6 Å². The van der Waals surface area contributed by atoms with E-state index < -0.39 is 11.6 Å². The summed E-state index contributed by atoms with van der Waals surface area (Å²) in [6.45, 7) is 6.69. The first-order valence-electron chi connectivity index (χ1n) is 6.15. The number of nitrogens with two attached hydrogens (primary N) is 1. The van der Waals surface area contributed by atoms with Crippen LogP contribution in [0.5, 0.6) is 0 Å². The number of carbonyl (C=O) groups is 2. The Morgan fingerprint density at radius 3 is 2.59 bits per heavy atom. The Balaban J connectivity index is 2.84. The van der Waals surface area contributed by atoms with Gasteiger partial charge in [-0.3, -0.25) is 9.59 Å². The maximum Gasteiger partial charge on any atom is 0.247 e. The highest BCUT2D eigenvalue weighted by atomic mass is 16.2. The molecule has 0 bridgehead atoms. The fourth-order valence-electron chi connectivity index (χ4n) is 2.23. The zero-order valence-electron chi connectivity index (χ0n) is 11.2. The molecule has 0 radical (unpaired) electrons. The number of carbonyl (C=O) groups excluding carboxylic acids is 2. The van der Waals surface area contributed by atoms with E-state index >= 15 is 0 Å². The molecule has 2 N–H and O–H groups in total. The zero-order chi connectivity index (χ0) is 13.2. The van der Waals surface area contributed by atoms with Crippen LogP contribution in [0.15, 0.2) is 0 Å². The number of likely N-dealkylation sites (N-methyl/N-ethyl adjacent to an activating group) is 1. The lowest BCUT2D eigenvalue weighted by atomic mass is 9.96. The number of rotatable bonds is 3. The highest BCUT2D eigenvalue weighted by Gasteiger charge is 2.43. The van der Waals surface area contributed by atoms with Crippen LogP contribution in [0.2, 0.25) is 0 Å². The van der Waals surface area contributed by atoms with Gasteiger partial charge in [0, 0.05) is 20.1 Å². The number of amides is 2. The molecule has 1 saturated heterocycles. The Morgan fingerprint density at radius 1 is 1.47 bits per heavy atom. The first kappa shape index (κ1) is 14.0. The van der Waals surface area contributed by atoms with E-state index in [1.807, 2.05) is 6.92 Å². The Morgan fingerprint density at radius 2 is 2.06 bits per heavy atom. The highest BCUT2D eigenvalue weighted by molar-refractivity contribution is 5.93. The van der Waals surface area contributed by atoms with Crippen LogP contribution in [0.1, 0.15) is 33.6 Å². The van der Waals surface area contributed by atoms with E-state index in [-0.39, 0.29) is 11.8 Å². The lowest BCUT2D eigenvalue weighted by Gasteiger charge is -2.45. The standard InChI is InChI=1S/C12H23N3O2/c1-5-6-9(13)10(16)15-8-7-14(4)11(17)12(15,2)3/h9H,5-8,13H2,1-4H3/t9-/m1/s1. The van der Waals surface area contributed by atoms with Gasteiger partial charge in [-0.05, 0) is 20.3 Å². The molecule has 98 valence electrons. The SMILES string of the molecule is CCC[C@@H](N)C(=O)N1CCN(C)C(=O)C1(C)C. The third-order valence-electron chi connectivity index (χ3n) is 3.39. The molecular formula is C12H23N3O2. The average Bonchev–Trinajstić information content (AvgIpc) is 2.26. The largest absolute Gasteiger partial charge is 0.342 e. The molecular weight excluding hydrogens is 218 g/mol. The quantitative estimate of drug-likeness (QED) is 0.767. The Bertz CT molecular complexity index is 315. The van der Waals surface area contributed by atoms with Crippen molar-refractivity contribution < 1.29 is 9.59 Å². The lowest BCUT2D eigenvalue weighted by Crippen LogP contribution is -2.65. The molecule has 1 atom stereocenters. The van der Waals surface area contributed by atoms with Gasteiger partial charge in [-0.15, -0.1) is 0 Å². The Labute approximate surface area is 103 Å². The van der Waals surface area contributed by atoms with Crippen LogP contribution in [-0.2, 0) is 9.59 Å². The van der Waals surface area contributed by atoms with Crippen LogP contribution in [0, 0.1) is 0 Å². The van der Waals surface area contributed by atoms with Crippen LogP contribution in [0.3, 0.4) is 0 Å². The minimum Gasteiger partial charge on any atom is -0.342 e. The van der Waals surface area contributed by atoms with Gasteiger partial charge in [0.2, 0.25) is 11.8 Å². The maximum absolute atomic E-state index is 12.2. The van der Waals surface area contributed by atoms with Crippen molar-refractivity contribution in [1.29, 1.82) is 0 Å². The van der Waals surface area contributed by atoms with Crippen molar-refractivity contribution in [3.63, 3.8) is 0 Å². The smallest absolute Gasteiger partial charge is 0.247 e. The average molecular weight is 241 g/mol. The van der Waals surface area contributed by atoms with E-state index in [2.05, 4.69) is 0 Å². The molecule has 0 aliphatic carbocycles. The summed E-state index contributed by atoms with van der Waals surface area (Å²) >= 11 is 0. The number of piperazine rings is 1. The summed E-state index contributed by atoms with van der Waals surface area (Å²) in [4.78, 5) is 27.5. The first-order chi connectivity index (χ1) is 7.82. The molecule has 5 heteroatoms. The van der Waals surface area contributed by atoms with Gasteiger partial charge in [-0.2, -0.15) is 0 Å². The van der Waals surface area contributed by atoms with Crippen molar-refractivity contribution in [2.24, 2.45) is 5.73 Å². The third-order valence-corrected chi connectivity index (χ3v) is 3.39. The van der Waals surface area contributed by atoms with Gasteiger partial charge < -0.3 is 15.5 Å². The molecule has 5 nitrogen and oxygen atoms in total. The zero-order valence-corrected chi connectivity index (χ0v) is 11.2. The molecule has 1 aliphatic rings. The van der Waals surface area contributed by atoms with Gasteiger partial charge in [-0.25, -0.2) is 0 Å². The monoisotopic (exact) mass is 241 g/mol. The molecule has 0 aromatic rings. The van der Waals surface area contributed by atoms with E-state index in [0.717, 1.165) is 6.42 Å². The van der Waals surface area contributed by atoms with Gasteiger partial charge >= 0.3 is 0 Å². The molecule has 1 aliphatic heterocycles. The van der Waals surface area contributed by atoms with Crippen molar-refractivity contribution in [1.82, 2.24) is 9.80 Å². The number of hydrogen-bond donors (Lipinski definition) is 1. The third kappa shape index (κ3) is 2.60. The van der Waals surface area contributed by atoms with E-state index in [4.69, 9.17) is 5.73 Å². The number of hydrogen-bond acceptors (Lipinski definition) is 3. The van der Waals surface area contributed by atoms with Crippen molar-refractivity contribution in [3.05, 3.63) is 0 Å². The summed E-state index contributed by atoms with van der Waals surface area (Å²) in [7, 11) is 1.76. The molecule has 17 heavy (non-hydrogen) atoms. The molecule has 0 aromatic carbocycles. The summed E-state index contributed by atoms with van der Waals surface area (Å²) in [5.74, 6) is -0.140. The van der Waals surface area contributed by atoms with Gasteiger partial charge in [0.05, 0.1) is 6.04 Å². The molecule has 2 amide bonds. The van der Waals surface area contributed by atoms with Crippen molar-refractivity contribution in [3.8, 4) is 0 Å². The van der Waals surface area contributed by atoms with Crippen LogP contribution >= 0.6 is 0 Å². The number of nitrogens with zero attached hydrogens (tertiary/aromatic N) is 2. The Kier molecular flexibility index (Phi) is 4.14. The lowest BCUT2D eigenvalue weighted by molar-refractivity contribution is -0.158. The van der Waals surface area contributed by atoms with Gasteiger partial charge in [-0.1, -0.05) is 13.3 Å². The van der Waals surface area contributed by atoms with E-state index in [0.29, 0.717) is 19.5 Å².